The summed E-state index contributed by atoms with van der Waals surface area (Å²) in [6, 6.07) is 4.49. The molecule has 0 amide bonds. The molecule has 0 saturated heterocycles. The van der Waals surface area contributed by atoms with Gasteiger partial charge in [-0.2, -0.15) is 0 Å². The first-order valence-corrected chi connectivity index (χ1v) is 6.24. The lowest BCUT2D eigenvalue weighted by Crippen LogP contribution is -2.37. The van der Waals surface area contributed by atoms with Gasteiger partial charge in [-0.1, -0.05) is 13.0 Å². The van der Waals surface area contributed by atoms with Crippen LogP contribution in [0, 0.1) is 0 Å². The number of nitrogens with zero attached hydrogens (tertiary/aromatic N) is 1. The van der Waals surface area contributed by atoms with Gasteiger partial charge in [0.1, 0.15) is 5.78 Å². The highest BCUT2D eigenvalue weighted by atomic mass is 32.1. The molecule has 2 unspecified atom stereocenters. The summed E-state index contributed by atoms with van der Waals surface area (Å²) in [4.78, 5) is 15.0. The number of hydrogen-bond donors (Lipinski definition) is 0. The lowest BCUT2D eigenvalue weighted by molar-refractivity contribution is -0.123. The summed E-state index contributed by atoms with van der Waals surface area (Å²) in [6.07, 6.45) is 0.614. The number of carbonyl (C=O) groups excluding carboxylic acids is 1. The molecule has 0 fully saturated rings. The van der Waals surface area contributed by atoms with Crippen molar-refractivity contribution in [3.63, 3.8) is 0 Å². The van der Waals surface area contributed by atoms with E-state index in [0.29, 0.717) is 18.2 Å². The van der Waals surface area contributed by atoms with Gasteiger partial charge in [0.05, 0.1) is 6.04 Å². The molecule has 0 saturated carbocycles. The van der Waals surface area contributed by atoms with E-state index in [9.17, 15) is 4.79 Å². The van der Waals surface area contributed by atoms with E-state index in [4.69, 9.17) is 0 Å². The fourth-order valence-corrected chi connectivity index (χ4v) is 2.42. The first-order chi connectivity index (χ1) is 7.07. The maximum absolute atomic E-state index is 11.6. The van der Waals surface area contributed by atoms with Crippen LogP contribution in [0.15, 0.2) is 17.5 Å². The van der Waals surface area contributed by atoms with E-state index in [2.05, 4.69) is 29.3 Å². The number of Topliss-reactive ketones (excluding diaryl/α,β-unsaturated/α-hetero) is 1. The van der Waals surface area contributed by atoms with Gasteiger partial charge >= 0.3 is 0 Å². The molecule has 1 aromatic rings. The summed E-state index contributed by atoms with van der Waals surface area (Å²) in [5, 5.41) is 2.08. The topological polar surface area (TPSA) is 20.3 Å². The molecule has 15 heavy (non-hydrogen) atoms. The molecule has 0 aromatic carbocycles. The van der Waals surface area contributed by atoms with Crippen molar-refractivity contribution in [1.82, 2.24) is 4.90 Å². The molecule has 0 aliphatic carbocycles. The van der Waals surface area contributed by atoms with Crippen molar-refractivity contribution in [2.45, 2.75) is 39.3 Å². The van der Waals surface area contributed by atoms with Crippen LogP contribution in [0.3, 0.4) is 0 Å². The van der Waals surface area contributed by atoms with Crippen molar-refractivity contribution in [3.05, 3.63) is 22.4 Å². The van der Waals surface area contributed by atoms with Crippen molar-refractivity contribution in [2.24, 2.45) is 0 Å². The zero-order chi connectivity index (χ0) is 11.4. The summed E-state index contributed by atoms with van der Waals surface area (Å²) in [7, 11) is 2.02. The fraction of sp³-hybridized carbons (Fsp3) is 0.583. The Bertz CT molecular complexity index is 307. The lowest BCUT2D eigenvalue weighted by atomic mass is 10.1. The second kappa shape index (κ2) is 5.42. The number of thiophene rings is 1. The van der Waals surface area contributed by atoms with Crippen molar-refractivity contribution in [3.8, 4) is 0 Å². The third kappa shape index (κ3) is 2.89. The number of hydrogen-bond acceptors (Lipinski definition) is 3. The molecular formula is C12H19NOS. The molecule has 3 heteroatoms. The van der Waals surface area contributed by atoms with Gasteiger partial charge < -0.3 is 0 Å². The molecule has 0 aliphatic heterocycles. The van der Waals surface area contributed by atoms with Gasteiger partial charge in [0, 0.05) is 17.3 Å². The first-order valence-electron chi connectivity index (χ1n) is 5.36. The minimum absolute atomic E-state index is 0.00657. The molecular weight excluding hydrogens is 206 g/mol. The third-order valence-electron chi connectivity index (χ3n) is 2.99. The molecule has 2 atom stereocenters. The van der Waals surface area contributed by atoms with Crippen LogP contribution in [-0.2, 0) is 4.79 Å². The van der Waals surface area contributed by atoms with Gasteiger partial charge in [-0.15, -0.1) is 11.3 Å². The minimum atomic E-state index is 0.00657. The molecule has 0 N–H and O–H groups in total. The zero-order valence-electron chi connectivity index (χ0n) is 9.86. The Balaban J connectivity index is 2.68. The zero-order valence-corrected chi connectivity index (χ0v) is 10.7. The molecule has 0 bridgehead atoms. The van der Waals surface area contributed by atoms with Crippen LogP contribution in [0.4, 0.5) is 0 Å². The van der Waals surface area contributed by atoms with E-state index in [1.165, 1.54) is 4.88 Å². The predicted molar refractivity (Wildman–Crippen MR) is 65.3 cm³/mol. The lowest BCUT2D eigenvalue weighted by Gasteiger charge is -2.29. The van der Waals surface area contributed by atoms with Crippen LogP contribution in [0.1, 0.15) is 38.1 Å². The molecule has 2 nitrogen and oxygen atoms in total. The third-order valence-corrected chi connectivity index (χ3v) is 4.03. The molecule has 84 valence electrons. The van der Waals surface area contributed by atoms with E-state index >= 15 is 0 Å². The molecule has 0 radical (unpaired) electrons. The van der Waals surface area contributed by atoms with Gasteiger partial charge in [0.15, 0.2) is 0 Å². The first kappa shape index (κ1) is 12.4. The highest BCUT2D eigenvalue weighted by molar-refractivity contribution is 7.10. The SMILES string of the molecule is CCC(=O)C(C)N(C)C(C)c1cccs1. The average molecular weight is 225 g/mol. The quantitative estimate of drug-likeness (QED) is 0.767. The monoisotopic (exact) mass is 225 g/mol. The highest BCUT2D eigenvalue weighted by Crippen LogP contribution is 2.25. The van der Waals surface area contributed by atoms with Crippen LogP contribution in [-0.4, -0.2) is 23.8 Å². The maximum Gasteiger partial charge on any atom is 0.149 e. The summed E-state index contributed by atoms with van der Waals surface area (Å²) in [6.45, 7) is 6.05. The molecule has 1 rings (SSSR count). The maximum atomic E-state index is 11.6. The van der Waals surface area contributed by atoms with Crippen LogP contribution in [0.25, 0.3) is 0 Å². The Morgan fingerprint density at radius 3 is 2.67 bits per heavy atom. The van der Waals surface area contributed by atoms with E-state index in [1.807, 2.05) is 20.9 Å². The van der Waals surface area contributed by atoms with Crippen LogP contribution in [0.2, 0.25) is 0 Å². The fourth-order valence-electron chi connectivity index (χ4n) is 1.59. The molecule has 0 aliphatic rings. The molecule has 0 spiro atoms. The second-order valence-corrected chi connectivity index (χ2v) is 4.83. The van der Waals surface area contributed by atoms with E-state index in [1.54, 1.807) is 11.3 Å². The van der Waals surface area contributed by atoms with Crippen molar-refractivity contribution in [2.75, 3.05) is 7.05 Å². The molecule has 1 heterocycles. The highest BCUT2D eigenvalue weighted by Gasteiger charge is 2.22. The van der Waals surface area contributed by atoms with E-state index in [0.717, 1.165) is 0 Å². The number of likely N-dealkylation sites (N-methyl/N-ethyl adjacent to an activating group) is 1. The van der Waals surface area contributed by atoms with Crippen LogP contribution >= 0.6 is 11.3 Å². The normalized spacial score (nSPS) is 15.3. The minimum Gasteiger partial charge on any atom is -0.298 e. The number of ketones is 1. The van der Waals surface area contributed by atoms with Crippen molar-refractivity contribution < 1.29 is 4.79 Å². The summed E-state index contributed by atoms with van der Waals surface area (Å²) in [5.74, 6) is 0.306. The van der Waals surface area contributed by atoms with Gasteiger partial charge in [0.25, 0.3) is 0 Å². The average Bonchev–Trinajstić information content (AvgIpc) is 2.78. The number of carbonyl (C=O) groups is 1. The molecule has 1 aromatic heterocycles. The smallest absolute Gasteiger partial charge is 0.149 e. The number of rotatable bonds is 5. The largest absolute Gasteiger partial charge is 0.298 e. The second-order valence-electron chi connectivity index (χ2n) is 3.85. The van der Waals surface area contributed by atoms with Crippen molar-refractivity contribution in [1.29, 1.82) is 0 Å². The van der Waals surface area contributed by atoms with Gasteiger partial charge in [-0.3, -0.25) is 9.69 Å². The summed E-state index contributed by atoms with van der Waals surface area (Å²) in [5.41, 5.74) is 0. The van der Waals surface area contributed by atoms with Crippen molar-refractivity contribution >= 4 is 17.1 Å². The summed E-state index contributed by atoms with van der Waals surface area (Å²) >= 11 is 1.74. The van der Waals surface area contributed by atoms with Gasteiger partial charge in [-0.05, 0) is 32.3 Å². The van der Waals surface area contributed by atoms with E-state index in [-0.39, 0.29) is 6.04 Å². The van der Waals surface area contributed by atoms with Gasteiger partial charge in [0.2, 0.25) is 0 Å². The Kier molecular flexibility index (Phi) is 4.48. The van der Waals surface area contributed by atoms with E-state index < -0.39 is 0 Å². The Morgan fingerprint density at radius 2 is 2.20 bits per heavy atom. The van der Waals surface area contributed by atoms with Crippen LogP contribution in [0.5, 0.6) is 0 Å². The standard InChI is InChI=1S/C12H19NOS/c1-5-11(14)9(2)13(4)10(3)12-7-6-8-15-12/h6-10H,5H2,1-4H3. The van der Waals surface area contributed by atoms with Crippen LogP contribution < -0.4 is 0 Å². The van der Waals surface area contributed by atoms with Gasteiger partial charge in [-0.25, -0.2) is 0 Å². The Labute approximate surface area is 95.9 Å². The Hall–Kier alpha value is -0.670. The summed E-state index contributed by atoms with van der Waals surface area (Å²) < 4.78 is 0. The predicted octanol–water partition coefficient (Wildman–Crippen LogP) is 3.11. The Morgan fingerprint density at radius 1 is 1.53 bits per heavy atom.